The lowest BCUT2D eigenvalue weighted by atomic mass is 10.1. The van der Waals surface area contributed by atoms with E-state index in [2.05, 4.69) is 0 Å². The fraction of sp³-hybridized carbons (Fsp3) is 0.455. The molecule has 0 saturated carbocycles. The van der Waals surface area contributed by atoms with Crippen molar-refractivity contribution in [3.05, 3.63) is 24.3 Å². The van der Waals surface area contributed by atoms with E-state index in [1.165, 1.54) is 6.08 Å². The standard InChI is InChI=1S/C11H14ClNO2/c1-9(6-4-3-5-7-13)10(2)15-11(14)8-12/h3-6,9-10H,8H2,1-2H3/b5-3+,6-4+/t9-,10-/m0/s1. The topological polar surface area (TPSA) is 50.1 Å². The summed E-state index contributed by atoms with van der Waals surface area (Å²) in [5, 5.41) is 8.24. The first-order valence-corrected chi connectivity index (χ1v) is 5.13. The summed E-state index contributed by atoms with van der Waals surface area (Å²) in [7, 11) is 0. The highest BCUT2D eigenvalue weighted by Crippen LogP contribution is 2.09. The Balaban J connectivity index is 4.04. The highest BCUT2D eigenvalue weighted by molar-refractivity contribution is 6.26. The van der Waals surface area contributed by atoms with Crippen LogP contribution >= 0.6 is 11.6 Å². The Hall–Kier alpha value is -1.27. The van der Waals surface area contributed by atoms with Crippen molar-refractivity contribution >= 4 is 17.6 Å². The molecule has 15 heavy (non-hydrogen) atoms. The number of ether oxygens (including phenoxy) is 1. The van der Waals surface area contributed by atoms with Crippen molar-refractivity contribution in [2.75, 3.05) is 5.88 Å². The monoisotopic (exact) mass is 227 g/mol. The van der Waals surface area contributed by atoms with E-state index in [1.807, 2.05) is 19.1 Å². The third-order valence-electron chi connectivity index (χ3n) is 1.86. The molecule has 4 heteroatoms. The van der Waals surface area contributed by atoms with E-state index in [1.54, 1.807) is 19.1 Å². The van der Waals surface area contributed by atoms with Crippen LogP contribution in [0.5, 0.6) is 0 Å². The molecule has 0 radical (unpaired) electrons. The van der Waals surface area contributed by atoms with Crippen molar-refractivity contribution in [1.82, 2.24) is 0 Å². The number of alkyl halides is 1. The lowest BCUT2D eigenvalue weighted by molar-refractivity contribution is -0.146. The number of hydrogen-bond donors (Lipinski definition) is 0. The molecular formula is C11H14ClNO2. The Labute approximate surface area is 95.0 Å². The number of carbonyl (C=O) groups excluding carboxylic acids is 1. The van der Waals surface area contributed by atoms with Crippen LogP contribution in [0.2, 0.25) is 0 Å². The van der Waals surface area contributed by atoms with E-state index in [0.717, 1.165) is 0 Å². The number of esters is 1. The first kappa shape index (κ1) is 13.7. The zero-order valence-corrected chi connectivity index (χ0v) is 9.57. The molecule has 0 aliphatic carbocycles. The number of allylic oxidation sites excluding steroid dienone is 3. The Morgan fingerprint density at radius 1 is 1.53 bits per heavy atom. The van der Waals surface area contributed by atoms with Crippen LogP contribution in [0.3, 0.4) is 0 Å². The van der Waals surface area contributed by atoms with Crippen molar-refractivity contribution < 1.29 is 9.53 Å². The normalized spacial score (nSPS) is 15.1. The number of nitrogens with zero attached hydrogens (tertiary/aromatic N) is 1. The lowest BCUT2D eigenvalue weighted by Crippen LogP contribution is -2.21. The van der Waals surface area contributed by atoms with Crippen LogP contribution in [0.15, 0.2) is 24.3 Å². The molecule has 0 aliphatic rings. The van der Waals surface area contributed by atoms with E-state index >= 15 is 0 Å². The average molecular weight is 228 g/mol. The van der Waals surface area contributed by atoms with Gasteiger partial charge in [0, 0.05) is 12.0 Å². The molecule has 0 aromatic carbocycles. The number of halogens is 1. The maximum Gasteiger partial charge on any atom is 0.321 e. The van der Waals surface area contributed by atoms with Crippen molar-refractivity contribution in [3.8, 4) is 6.07 Å². The van der Waals surface area contributed by atoms with Crippen molar-refractivity contribution in [1.29, 1.82) is 5.26 Å². The summed E-state index contributed by atoms with van der Waals surface area (Å²) < 4.78 is 5.01. The number of hydrogen-bond acceptors (Lipinski definition) is 3. The Kier molecular flexibility index (Phi) is 7.39. The maximum atomic E-state index is 10.9. The molecule has 0 aromatic rings. The summed E-state index contributed by atoms with van der Waals surface area (Å²) in [6.07, 6.45) is 6.40. The van der Waals surface area contributed by atoms with Gasteiger partial charge in [0.05, 0.1) is 6.07 Å². The van der Waals surface area contributed by atoms with Crippen molar-refractivity contribution in [3.63, 3.8) is 0 Å². The molecule has 0 fully saturated rings. The molecule has 0 N–H and O–H groups in total. The van der Waals surface area contributed by atoms with Crippen LogP contribution < -0.4 is 0 Å². The van der Waals surface area contributed by atoms with Crippen LogP contribution in [0, 0.1) is 17.2 Å². The Bertz CT molecular complexity index is 291. The molecule has 82 valence electrons. The zero-order valence-electron chi connectivity index (χ0n) is 8.81. The second-order valence-electron chi connectivity index (χ2n) is 3.06. The van der Waals surface area contributed by atoms with Gasteiger partial charge in [-0.25, -0.2) is 0 Å². The minimum atomic E-state index is -0.419. The van der Waals surface area contributed by atoms with Gasteiger partial charge < -0.3 is 4.74 Å². The summed E-state index contributed by atoms with van der Waals surface area (Å²) in [5.74, 6) is -0.466. The van der Waals surface area contributed by atoms with Crippen LogP contribution in [-0.4, -0.2) is 18.0 Å². The van der Waals surface area contributed by atoms with Gasteiger partial charge in [0.2, 0.25) is 0 Å². The molecule has 0 unspecified atom stereocenters. The second kappa shape index (κ2) is 8.07. The predicted octanol–water partition coefficient (Wildman–Crippen LogP) is 2.43. The Morgan fingerprint density at radius 2 is 2.20 bits per heavy atom. The first-order chi connectivity index (χ1) is 7.11. The number of rotatable bonds is 5. The summed E-state index contributed by atoms with van der Waals surface area (Å²) in [5.41, 5.74) is 0. The molecule has 0 amide bonds. The molecule has 3 nitrogen and oxygen atoms in total. The fourth-order valence-electron chi connectivity index (χ4n) is 0.841. The van der Waals surface area contributed by atoms with E-state index in [4.69, 9.17) is 21.6 Å². The smallest absolute Gasteiger partial charge is 0.321 e. The van der Waals surface area contributed by atoms with Crippen LogP contribution in [0.4, 0.5) is 0 Å². The SMILES string of the molecule is C[C@H](OC(=O)CCl)[C@@H](C)/C=C/C=C/C#N. The van der Waals surface area contributed by atoms with Gasteiger partial charge in [-0.3, -0.25) is 4.79 Å². The zero-order chi connectivity index (χ0) is 11.7. The minimum absolute atomic E-state index is 0.0838. The highest BCUT2D eigenvalue weighted by Gasteiger charge is 2.13. The van der Waals surface area contributed by atoms with Gasteiger partial charge in [-0.05, 0) is 6.92 Å². The Morgan fingerprint density at radius 3 is 2.73 bits per heavy atom. The summed E-state index contributed by atoms with van der Waals surface area (Å²) >= 11 is 5.31. The summed E-state index contributed by atoms with van der Waals surface area (Å²) in [6.45, 7) is 3.72. The van der Waals surface area contributed by atoms with Gasteiger partial charge in [0.25, 0.3) is 0 Å². The second-order valence-corrected chi connectivity index (χ2v) is 3.33. The molecule has 0 aliphatic heterocycles. The van der Waals surface area contributed by atoms with E-state index < -0.39 is 5.97 Å². The minimum Gasteiger partial charge on any atom is -0.461 e. The molecule has 0 saturated heterocycles. The summed E-state index contributed by atoms with van der Waals surface area (Å²) in [4.78, 5) is 10.9. The first-order valence-electron chi connectivity index (χ1n) is 4.60. The van der Waals surface area contributed by atoms with Gasteiger partial charge in [-0.15, -0.1) is 11.6 Å². The van der Waals surface area contributed by atoms with Gasteiger partial charge in [0.15, 0.2) is 0 Å². The van der Waals surface area contributed by atoms with Crippen molar-refractivity contribution in [2.24, 2.45) is 5.92 Å². The molecule has 0 spiro atoms. The molecule has 0 aromatic heterocycles. The van der Waals surface area contributed by atoms with Gasteiger partial charge >= 0.3 is 5.97 Å². The van der Waals surface area contributed by atoms with Crippen LogP contribution in [0.25, 0.3) is 0 Å². The van der Waals surface area contributed by atoms with Crippen LogP contribution in [0.1, 0.15) is 13.8 Å². The lowest BCUT2D eigenvalue weighted by Gasteiger charge is -2.16. The van der Waals surface area contributed by atoms with E-state index in [9.17, 15) is 4.79 Å². The highest BCUT2D eigenvalue weighted by atomic mass is 35.5. The molecule has 0 rings (SSSR count). The van der Waals surface area contributed by atoms with Crippen molar-refractivity contribution in [2.45, 2.75) is 20.0 Å². The largest absolute Gasteiger partial charge is 0.461 e. The maximum absolute atomic E-state index is 10.9. The van der Waals surface area contributed by atoms with Gasteiger partial charge in [-0.1, -0.05) is 25.2 Å². The molecule has 0 heterocycles. The van der Waals surface area contributed by atoms with Crippen LogP contribution in [-0.2, 0) is 9.53 Å². The fourth-order valence-corrected chi connectivity index (χ4v) is 0.904. The van der Waals surface area contributed by atoms with E-state index in [-0.39, 0.29) is 17.9 Å². The molecule has 2 atom stereocenters. The summed E-state index contributed by atoms with van der Waals surface area (Å²) in [6, 6.07) is 1.88. The van der Waals surface area contributed by atoms with E-state index in [0.29, 0.717) is 0 Å². The third kappa shape index (κ3) is 6.75. The number of nitriles is 1. The quantitative estimate of drug-likeness (QED) is 0.314. The predicted molar refractivity (Wildman–Crippen MR) is 59.3 cm³/mol. The molecule has 0 bridgehead atoms. The average Bonchev–Trinajstić information content (AvgIpc) is 2.23. The van der Waals surface area contributed by atoms with Gasteiger partial charge in [-0.2, -0.15) is 5.26 Å². The number of carbonyl (C=O) groups is 1. The molecular weight excluding hydrogens is 214 g/mol. The van der Waals surface area contributed by atoms with Gasteiger partial charge in [0.1, 0.15) is 12.0 Å². The third-order valence-corrected chi connectivity index (χ3v) is 2.08.